The van der Waals surface area contributed by atoms with Gasteiger partial charge in [0, 0.05) is 37.6 Å². The van der Waals surface area contributed by atoms with Crippen molar-refractivity contribution in [2.24, 2.45) is 0 Å². The van der Waals surface area contributed by atoms with Gasteiger partial charge >= 0.3 is 0 Å². The second kappa shape index (κ2) is 5.96. The number of hydrogen-bond donors (Lipinski definition) is 1. The van der Waals surface area contributed by atoms with E-state index in [1.54, 1.807) is 6.20 Å². The molecule has 0 bridgehead atoms. The van der Waals surface area contributed by atoms with Crippen molar-refractivity contribution in [2.45, 2.75) is 26.3 Å². The lowest BCUT2D eigenvalue weighted by Crippen LogP contribution is -2.31. The van der Waals surface area contributed by atoms with Gasteiger partial charge in [0.2, 0.25) is 0 Å². The number of nitriles is 1. The summed E-state index contributed by atoms with van der Waals surface area (Å²) >= 11 is 0. The van der Waals surface area contributed by atoms with Crippen LogP contribution in [0.2, 0.25) is 0 Å². The van der Waals surface area contributed by atoms with Crippen molar-refractivity contribution < 1.29 is 0 Å². The summed E-state index contributed by atoms with van der Waals surface area (Å²) in [5.41, 5.74) is 1.10. The average molecular weight is 218 g/mol. The molecule has 1 aromatic heterocycles. The summed E-state index contributed by atoms with van der Waals surface area (Å²) < 4.78 is 0. The van der Waals surface area contributed by atoms with Crippen molar-refractivity contribution in [1.29, 1.82) is 5.26 Å². The summed E-state index contributed by atoms with van der Waals surface area (Å²) in [5.74, 6) is 0.847. The molecule has 1 aromatic rings. The van der Waals surface area contributed by atoms with Crippen LogP contribution < -0.4 is 10.2 Å². The van der Waals surface area contributed by atoms with Crippen LogP contribution in [0.15, 0.2) is 18.3 Å². The number of nitrogens with zero attached hydrogens (tertiary/aromatic N) is 3. The highest BCUT2D eigenvalue weighted by Gasteiger charge is 2.10. The van der Waals surface area contributed by atoms with Crippen LogP contribution in [0.4, 0.5) is 11.5 Å². The number of nitrogens with one attached hydrogen (secondary N) is 1. The maximum atomic E-state index is 8.64. The molecular weight excluding hydrogens is 200 g/mol. The van der Waals surface area contributed by atoms with Crippen LogP contribution in [0.3, 0.4) is 0 Å². The minimum absolute atomic E-state index is 0.375. The van der Waals surface area contributed by atoms with Crippen molar-refractivity contribution in [3.8, 4) is 6.07 Å². The molecule has 0 aromatic carbocycles. The summed E-state index contributed by atoms with van der Waals surface area (Å²) in [7, 11) is 1.85. The van der Waals surface area contributed by atoms with Crippen LogP contribution in [-0.4, -0.2) is 24.6 Å². The molecule has 4 heteroatoms. The molecule has 0 saturated carbocycles. The highest BCUT2D eigenvalue weighted by Crippen LogP contribution is 2.19. The first-order valence-electron chi connectivity index (χ1n) is 5.46. The lowest BCUT2D eigenvalue weighted by atomic mass is 10.2. The Kier molecular flexibility index (Phi) is 4.59. The lowest BCUT2D eigenvalue weighted by Gasteiger charge is -2.28. The molecule has 1 rings (SSSR count). The van der Waals surface area contributed by atoms with E-state index in [0.29, 0.717) is 12.5 Å². The number of pyridine rings is 1. The van der Waals surface area contributed by atoms with Crippen LogP contribution in [0.5, 0.6) is 0 Å². The van der Waals surface area contributed by atoms with Crippen molar-refractivity contribution in [3.05, 3.63) is 18.3 Å². The smallest absolute Gasteiger partial charge is 0.127 e. The fourth-order valence-electron chi connectivity index (χ4n) is 1.59. The molecule has 0 atom stereocenters. The maximum Gasteiger partial charge on any atom is 0.127 e. The summed E-state index contributed by atoms with van der Waals surface area (Å²) in [5, 5.41) is 11.7. The predicted molar refractivity (Wildman–Crippen MR) is 66.5 cm³/mol. The molecule has 1 N–H and O–H groups in total. The molecule has 0 amide bonds. The number of aromatic nitrogens is 1. The number of rotatable bonds is 5. The Labute approximate surface area is 96.9 Å². The average Bonchev–Trinajstić information content (AvgIpc) is 2.29. The van der Waals surface area contributed by atoms with Gasteiger partial charge in [-0.25, -0.2) is 4.98 Å². The first-order valence-corrected chi connectivity index (χ1v) is 5.46. The van der Waals surface area contributed by atoms with Gasteiger partial charge in [-0.2, -0.15) is 5.26 Å². The zero-order chi connectivity index (χ0) is 12.0. The Bertz CT molecular complexity index is 368. The van der Waals surface area contributed by atoms with E-state index < -0.39 is 0 Å². The molecule has 86 valence electrons. The molecule has 0 aliphatic carbocycles. The minimum atomic E-state index is 0.375. The molecule has 4 nitrogen and oxygen atoms in total. The van der Waals surface area contributed by atoms with Crippen molar-refractivity contribution in [3.63, 3.8) is 0 Å². The van der Waals surface area contributed by atoms with E-state index in [1.807, 2.05) is 19.2 Å². The second-order valence-electron chi connectivity index (χ2n) is 3.84. The van der Waals surface area contributed by atoms with E-state index in [0.717, 1.165) is 18.1 Å². The zero-order valence-electron chi connectivity index (χ0n) is 10.1. The van der Waals surface area contributed by atoms with Crippen LogP contribution in [0.1, 0.15) is 20.3 Å². The summed E-state index contributed by atoms with van der Waals surface area (Å²) in [4.78, 5) is 6.38. The zero-order valence-corrected chi connectivity index (χ0v) is 10.1. The summed E-state index contributed by atoms with van der Waals surface area (Å²) in [6.07, 6.45) is 2.32. The van der Waals surface area contributed by atoms with Crippen LogP contribution in [0, 0.1) is 11.3 Å². The Hall–Kier alpha value is -1.76. The van der Waals surface area contributed by atoms with Crippen LogP contribution in [0.25, 0.3) is 0 Å². The van der Waals surface area contributed by atoms with Gasteiger partial charge in [0.05, 0.1) is 12.5 Å². The molecule has 0 unspecified atom stereocenters. The monoisotopic (exact) mass is 218 g/mol. The lowest BCUT2D eigenvalue weighted by molar-refractivity contribution is 0.686. The fraction of sp³-hybridized carbons (Fsp3) is 0.500. The third kappa shape index (κ3) is 3.13. The largest absolute Gasteiger partial charge is 0.373 e. The van der Waals surface area contributed by atoms with Gasteiger partial charge in [0.15, 0.2) is 0 Å². The fourth-order valence-corrected chi connectivity index (χ4v) is 1.59. The van der Waals surface area contributed by atoms with E-state index in [4.69, 9.17) is 5.26 Å². The third-order valence-electron chi connectivity index (χ3n) is 2.42. The Balaban J connectivity index is 2.88. The minimum Gasteiger partial charge on any atom is -0.373 e. The van der Waals surface area contributed by atoms with E-state index in [-0.39, 0.29) is 0 Å². The molecular formula is C12H18N4. The third-order valence-corrected chi connectivity index (χ3v) is 2.42. The summed E-state index contributed by atoms with van der Waals surface area (Å²) in [6.45, 7) is 5.00. The van der Waals surface area contributed by atoms with Gasteiger partial charge in [0.25, 0.3) is 0 Å². The highest BCUT2D eigenvalue weighted by molar-refractivity contribution is 5.54. The maximum absolute atomic E-state index is 8.64. The molecule has 0 saturated heterocycles. The first-order chi connectivity index (χ1) is 7.69. The molecule has 0 spiro atoms. The van der Waals surface area contributed by atoms with Gasteiger partial charge in [-0.05, 0) is 19.9 Å². The van der Waals surface area contributed by atoms with Crippen LogP contribution in [-0.2, 0) is 0 Å². The molecule has 0 aliphatic rings. The Morgan fingerprint density at radius 1 is 1.56 bits per heavy atom. The SMILES string of the molecule is CNc1cc(N(CCC#N)C(C)C)ccn1. The topological polar surface area (TPSA) is 52.0 Å². The van der Waals surface area contributed by atoms with Gasteiger partial charge < -0.3 is 10.2 Å². The van der Waals surface area contributed by atoms with E-state index in [9.17, 15) is 0 Å². The Morgan fingerprint density at radius 2 is 2.31 bits per heavy atom. The summed E-state index contributed by atoms with van der Waals surface area (Å²) in [6, 6.07) is 6.52. The van der Waals surface area contributed by atoms with Gasteiger partial charge in [-0.1, -0.05) is 0 Å². The van der Waals surface area contributed by atoms with Gasteiger partial charge in [-0.3, -0.25) is 0 Å². The van der Waals surface area contributed by atoms with Gasteiger partial charge in [-0.15, -0.1) is 0 Å². The van der Waals surface area contributed by atoms with Crippen molar-refractivity contribution in [2.75, 3.05) is 23.8 Å². The van der Waals surface area contributed by atoms with Crippen LogP contribution >= 0.6 is 0 Å². The van der Waals surface area contributed by atoms with E-state index in [2.05, 4.69) is 35.1 Å². The van der Waals surface area contributed by atoms with Gasteiger partial charge in [0.1, 0.15) is 5.82 Å². The molecule has 0 aliphatic heterocycles. The predicted octanol–water partition coefficient (Wildman–Crippen LogP) is 2.25. The number of anilines is 2. The van der Waals surface area contributed by atoms with E-state index >= 15 is 0 Å². The normalized spacial score (nSPS) is 9.94. The van der Waals surface area contributed by atoms with Crippen molar-refractivity contribution in [1.82, 2.24) is 4.98 Å². The Morgan fingerprint density at radius 3 is 2.88 bits per heavy atom. The van der Waals surface area contributed by atoms with Crippen molar-refractivity contribution >= 4 is 11.5 Å². The molecule has 16 heavy (non-hydrogen) atoms. The quantitative estimate of drug-likeness (QED) is 0.823. The molecule has 1 heterocycles. The second-order valence-corrected chi connectivity index (χ2v) is 3.84. The standard InChI is InChI=1S/C12H18N4/c1-10(2)16(8-4-6-13)11-5-7-15-12(9-11)14-3/h5,7,9-10H,4,8H2,1-3H3,(H,14,15). The molecule has 0 fully saturated rings. The molecule has 0 radical (unpaired) electrons. The first kappa shape index (κ1) is 12.3. The highest BCUT2D eigenvalue weighted by atomic mass is 15.2. The van der Waals surface area contributed by atoms with E-state index in [1.165, 1.54) is 0 Å². The number of hydrogen-bond acceptors (Lipinski definition) is 4.